The van der Waals surface area contributed by atoms with E-state index in [4.69, 9.17) is 20.9 Å². The maximum absolute atomic E-state index is 13.3. The maximum atomic E-state index is 13.3. The number of ether oxygens (including phenoxy) is 2. The van der Waals surface area contributed by atoms with Gasteiger partial charge in [0.25, 0.3) is 11.8 Å². The maximum Gasteiger partial charge on any atom is 0.274 e. The lowest BCUT2D eigenvalue weighted by Gasteiger charge is -2.17. The summed E-state index contributed by atoms with van der Waals surface area (Å²) in [5.41, 5.74) is 16.1. The Labute approximate surface area is 299 Å². The number of nitrogens with one attached hydrogen (secondary N) is 4. The van der Waals surface area contributed by atoms with E-state index in [2.05, 4.69) is 31.2 Å². The predicted octanol–water partition coefficient (Wildman–Crippen LogP) is 1.15. The van der Waals surface area contributed by atoms with Crippen molar-refractivity contribution >= 4 is 35.0 Å². The summed E-state index contributed by atoms with van der Waals surface area (Å²) in [4.78, 5) is 58.0. The molecule has 0 aliphatic rings. The highest BCUT2D eigenvalue weighted by molar-refractivity contribution is 6.05. The quantitative estimate of drug-likeness (QED) is 0.0767. The van der Waals surface area contributed by atoms with Gasteiger partial charge in [-0.15, -0.1) is 0 Å². The molecule has 0 saturated carbocycles. The molecule has 2 aromatic heterocycles. The molecule has 0 aliphatic carbocycles. The first-order valence-corrected chi connectivity index (χ1v) is 16.1. The molecule has 2 atom stereocenters. The number of nitrogens with two attached hydrogens (primary N) is 2. The zero-order valence-electron chi connectivity index (χ0n) is 29.1. The minimum absolute atomic E-state index is 0.0921. The fraction of sp³-hybridized carbons (Fsp3) is 0.278. The van der Waals surface area contributed by atoms with Gasteiger partial charge in [-0.25, -0.2) is 0 Å². The summed E-state index contributed by atoms with van der Waals surface area (Å²) >= 11 is 0. The molecule has 2 heterocycles. The summed E-state index contributed by atoms with van der Waals surface area (Å²) in [5.74, 6) is -1.66. The molecule has 0 saturated heterocycles. The number of pyridine rings is 2. The molecule has 274 valence electrons. The lowest BCUT2D eigenvalue weighted by Crippen LogP contribution is -2.43. The van der Waals surface area contributed by atoms with Crippen molar-refractivity contribution in [1.82, 2.24) is 20.6 Å². The SMILES string of the molecule is COc1cc(C(=O)Nc2cccc(-c3cccc(NC(=O)c4cc(OC)c(CNC(CO)C(N)=O)cn4)c3C)c2C)ncc1CNC(CO)C(N)=O. The highest BCUT2D eigenvalue weighted by Gasteiger charge is 2.20. The molecule has 10 N–H and O–H groups in total. The lowest BCUT2D eigenvalue weighted by atomic mass is 9.94. The van der Waals surface area contributed by atoms with Crippen LogP contribution >= 0.6 is 0 Å². The number of methoxy groups -OCH3 is 2. The zero-order chi connectivity index (χ0) is 37.9. The fourth-order valence-electron chi connectivity index (χ4n) is 5.30. The number of carbonyl (C=O) groups is 4. The summed E-state index contributed by atoms with van der Waals surface area (Å²) in [6, 6.07) is 12.0. The Morgan fingerprint density at radius 2 is 1.08 bits per heavy atom. The van der Waals surface area contributed by atoms with Crippen molar-refractivity contribution in [3.8, 4) is 22.6 Å². The molecule has 0 spiro atoms. The molecule has 52 heavy (non-hydrogen) atoms. The van der Waals surface area contributed by atoms with Gasteiger partial charge < -0.3 is 41.8 Å². The molecule has 0 radical (unpaired) electrons. The van der Waals surface area contributed by atoms with E-state index >= 15 is 0 Å². The molecular weight excluding hydrogens is 672 g/mol. The van der Waals surface area contributed by atoms with E-state index in [1.165, 1.54) is 38.7 Å². The number of anilines is 2. The van der Waals surface area contributed by atoms with Crippen molar-refractivity contribution in [3.05, 3.63) is 94.6 Å². The second-order valence-corrected chi connectivity index (χ2v) is 11.7. The third kappa shape index (κ3) is 9.23. The number of aliphatic hydroxyl groups is 2. The smallest absolute Gasteiger partial charge is 0.274 e. The molecule has 16 heteroatoms. The van der Waals surface area contributed by atoms with Crippen LogP contribution in [0.1, 0.15) is 43.2 Å². The second-order valence-electron chi connectivity index (χ2n) is 11.7. The largest absolute Gasteiger partial charge is 0.496 e. The first kappa shape index (κ1) is 38.9. The molecule has 2 aromatic carbocycles. The number of rotatable bonds is 17. The van der Waals surface area contributed by atoms with Crippen LogP contribution in [0.4, 0.5) is 11.4 Å². The van der Waals surface area contributed by atoms with Crippen LogP contribution in [0.5, 0.6) is 11.5 Å². The van der Waals surface area contributed by atoms with E-state index in [1.807, 2.05) is 26.0 Å². The molecule has 4 rings (SSSR count). The first-order chi connectivity index (χ1) is 24.9. The Balaban J connectivity index is 1.51. The number of aliphatic hydroxyl groups excluding tert-OH is 2. The minimum Gasteiger partial charge on any atom is -0.496 e. The van der Waals surface area contributed by atoms with Crippen LogP contribution in [0.2, 0.25) is 0 Å². The van der Waals surface area contributed by atoms with Gasteiger partial charge in [-0.1, -0.05) is 24.3 Å². The van der Waals surface area contributed by atoms with Crippen molar-refractivity contribution in [2.24, 2.45) is 11.5 Å². The van der Waals surface area contributed by atoms with Gasteiger partial charge in [0.15, 0.2) is 0 Å². The molecule has 0 fully saturated rings. The van der Waals surface area contributed by atoms with E-state index in [9.17, 15) is 29.4 Å². The summed E-state index contributed by atoms with van der Waals surface area (Å²) in [6.07, 6.45) is 2.89. The summed E-state index contributed by atoms with van der Waals surface area (Å²) in [5, 5.41) is 30.2. The molecule has 4 amide bonds. The normalized spacial score (nSPS) is 12.0. The van der Waals surface area contributed by atoms with Gasteiger partial charge >= 0.3 is 0 Å². The molecule has 16 nitrogen and oxygen atoms in total. The number of primary amides is 2. The number of hydrogen-bond acceptors (Lipinski definition) is 12. The number of nitrogens with zero attached hydrogens (tertiary/aromatic N) is 2. The van der Waals surface area contributed by atoms with Crippen molar-refractivity contribution in [3.63, 3.8) is 0 Å². The predicted molar refractivity (Wildman–Crippen MR) is 193 cm³/mol. The van der Waals surface area contributed by atoms with Gasteiger partial charge in [-0.3, -0.25) is 39.8 Å². The monoisotopic (exact) mass is 714 g/mol. The Kier molecular flexibility index (Phi) is 13.3. The van der Waals surface area contributed by atoms with Crippen LogP contribution in [-0.4, -0.2) is 83.3 Å². The van der Waals surface area contributed by atoms with Crippen molar-refractivity contribution < 1.29 is 38.9 Å². The van der Waals surface area contributed by atoms with Gasteiger partial charge in [0, 0.05) is 60.1 Å². The second kappa shape index (κ2) is 17.8. The van der Waals surface area contributed by atoms with E-state index in [0.717, 1.165) is 22.3 Å². The molecule has 0 aliphatic heterocycles. The van der Waals surface area contributed by atoms with Gasteiger partial charge in [-0.2, -0.15) is 0 Å². The molecule has 4 aromatic rings. The van der Waals surface area contributed by atoms with Crippen LogP contribution < -0.4 is 42.2 Å². The van der Waals surface area contributed by atoms with E-state index in [-0.39, 0.29) is 24.5 Å². The number of benzene rings is 2. The minimum atomic E-state index is -0.949. The van der Waals surface area contributed by atoms with Crippen molar-refractivity contribution in [2.75, 3.05) is 38.1 Å². The summed E-state index contributed by atoms with van der Waals surface area (Å²) in [6.45, 7) is 3.03. The van der Waals surface area contributed by atoms with E-state index in [0.29, 0.717) is 34.0 Å². The zero-order valence-corrected chi connectivity index (χ0v) is 29.1. The average Bonchev–Trinajstić information content (AvgIpc) is 3.13. The molecular formula is C36H42N8O8. The van der Waals surface area contributed by atoms with Crippen LogP contribution in [0.15, 0.2) is 60.9 Å². The Morgan fingerprint density at radius 3 is 1.40 bits per heavy atom. The fourth-order valence-corrected chi connectivity index (χ4v) is 5.30. The average molecular weight is 715 g/mol. The number of amides is 4. The van der Waals surface area contributed by atoms with E-state index in [1.54, 1.807) is 24.3 Å². The van der Waals surface area contributed by atoms with Crippen LogP contribution in [0.3, 0.4) is 0 Å². The topological polar surface area (TPSA) is 253 Å². The van der Waals surface area contributed by atoms with Gasteiger partial charge in [0.1, 0.15) is 35.0 Å². The summed E-state index contributed by atoms with van der Waals surface area (Å²) in [7, 11) is 2.88. The highest BCUT2D eigenvalue weighted by Crippen LogP contribution is 2.34. The first-order valence-electron chi connectivity index (χ1n) is 16.1. The van der Waals surface area contributed by atoms with Crippen LogP contribution in [0, 0.1) is 13.8 Å². The lowest BCUT2D eigenvalue weighted by molar-refractivity contribution is -0.121. The third-order valence-electron chi connectivity index (χ3n) is 8.38. The molecule has 2 unspecified atom stereocenters. The van der Waals surface area contributed by atoms with Gasteiger partial charge in [0.2, 0.25) is 11.8 Å². The summed E-state index contributed by atoms with van der Waals surface area (Å²) < 4.78 is 10.9. The van der Waals surface area contributed by atoms with Gasteiger partial charge in [0.05, 0.1) is 27.4 Å². The standard InChI is InChI=1S/C36H42N8O8/c1-19-23(7-5-9-25(19)43-35(49)27-11-31(51-3)21(13-39-27)15-41-29(17-45)33(37)47)24-8-6-10-26(20(24)2)44-36(50)28-12-32(52-4)22(14-40-28)16-42-30(18-46)34(38)48/h5-14,29-30,41-42,45-46H,15-18H2,1-4H3,(H2,37,47)(H2,38,48)(H,43,49)(H,44,50). The third-order valence-corrected chi connectivity index (χ3v) is 8.38. The Morgan fingerprint density at radius 1 is 0.692 bits per heavy atom. The number of hydrogen-bond donors (Lipinski definition) is 8. The van der Waals surface area contributed by atoms with Crippen molar-refractivity contribution in [1.29, 1.82) is 0 Å². The molecule has 0 bridgehead atoms. The van der Waals surface area contributed by atoms with E-state index < -0.39 is 48.9 Å². The Hall–Kier alpha value is -5.94. The van der Waals surface area contributed by atoms with Crippen molar-refractivity contribution in [2.45, 2.75) is 39.0 Å². The Bertz CT molecular complexity index is 1810. The van der Waals surface area contributed by atoms with Gasteiger partial charge in [-0.05, 0) is 48.2 Å². The number of aromatic nitrogens is 2. The highest BCUT2D eigenvalue weighted by atomic mass is 16.5. The van der Waals surface area contributed by atoms with Crippen LogP contribution in [-0.2, 0) is 22.7 Å². The number of carbonyl (C=O) groups excluding carboxylic acids is 4. The van der Waals surface area contributed by atoms with Crippen LogP contribution in [0.25, 0.3) is 11.1 Å².